The lowest BCUT2D eigenvalue weighted by Gasteiger charge is -2.36. The molecule has 2 aliphatic rings. The lowest BCUT2D eigenvalue weighted by atomic mass is 10.3. The molecule has 5 rings (SSSR count). The molecule has 0 N–H and O–H groups in total. The summed E-state index contributed by atoms with van der Waals surface area (Å²) in [5, 5.41) is 0. The third-order valence-electron chi connectivity index (χ3n) is 5.49. The van der Waals surface area contributed by atoms with Gasteiger partial charge in [-0.25, -0.2) is 9.97 Å². The highest BCUT2D eigenvalue weighted by molar-refractivity contribution is 5.75. The Morgan fingerprint density at radius 3 is 2.24 bits per heavy atom. The molecular formula is C21H25N7O. The first-order chi connectivity index (χ1) is 14.3. The minimum Gasteiger partial charge on any atom is -0.378 e. The van der Waals surface area contributed by atoms with Gasteiger partial charge in [-0.15, -0.1) is 0 Å². The summed E-state index contributed by atoms with van der Waals surface area (Å²) < 4.78 is 5.47. The van der Waals surface area contributed by atoms with Gasteiger partial charge in [0, 0.05) is 51.0 Å². The Hall–Kier alpha value is -3.00. The van der Waals surface area contributed by atoms with E-state index < -0.39 is 0 Å². The van der Waals surface area contributed by atoms with Gasteiger partial charge in [0.2, 0.25) is 5.95 Å². The smallest absolute Gasteiger partial charge is 0.227 e. The second kappa shape index (κ2) is 7.79. The third-order valence-corrected chi connectivity index (χ3v) is 5.49. The number of morpholine rings is 1. The summed E-state index contributed by atoms with van der Waals surface area (Å²) in [6.07, 6.45) is 1.87. The van der Waals surface area contributed by atoms with Crippen molar-refractivity contribution in [3.05, 3.63) is 42.2 Å². The van der Waals surface area contributed by atoms with Crippen molar-refractivity contribution in [1.29, 1.82) is 0 Å². The van der Waals surface area contributed by atoms with E-state index in [1.54, 1.807) is 0 Å². The molecule has 0 bridgehead atoms. The van der Waals surface area contributed by atoms with E-state index in [2.05, 4.69) is 25.8 Å². The van der Waals surface area contributed by atoms with Gasteiger partial charge in [-0.2, -0.15) is 4.98 Å². The van der Waals surface area contributed by atoms with E-state index in [0.29, 0.717) is 0 Å². The van der Waals surface area contributed by atoms with Crippen molar-refractivity contribution >= 4 is 28.6 Å². The number of aryl methyl sites for hydroxylation is 1. The summed E-state index contributed by atoms with van der Waals surface area (Å²) in [5.41, 5.74) is 2.86. The fourth-order valence-corrected chi connectivity index (χ4v) is 3.87. The van der Waals surface area contributed by atoms with E-state index in [4.69, 9.17) is 19.7 Å². The van der Waals surface area contributed by atoms with Crippen LogP contribution in [0.3, 0.4) is 0 Å². The molecule has 0 amide bonds. The zero-order chi connectivity index (χ0) is 19.6. The van der Waals surface area contributed by atoms with Crippen LogP contribution in [0.2, 0.25) is 0 Å². The van der Waals surface area contributed by atoms with Crippen molar-refractivity contribution in [1.82, 2.24) is 19.9 Å². The Balaban J connectivity index is 1.30. The maximum atomic E-state index is 5.47. The number of nitrogens with zero attached hydrogens (tertiary/aromatic N) is 7. The van der Waals surface area contributed by atoms with Crippen LogP contribution < -0.4 is 14.7 Å². The maximum Gasteiger partial charge on any atom is 0.227 e. The normalized spacial score (nSPS) is 17.8. The molecule has 150 valence electrons. The van der Waals surface area contributed by atoms with E-state index in [1.807, 2.05) is 37.4 Å². The van der Waals surface area contributed by atoms with Crippen LogP contribution in [0.25, 0.3) is 11.0 Å². The van der Waals surface area contributed by atoms with Gasteiger partial charge < -0.3 is 19.4 Å². The Kier molecular flexibility index (Phi) is 4.85. The second-order valence-corrected chi connectivity index (χ2v) is 7.46. The summed E-state index contributed by atoms with van der Waals surface area (Å²) in [7, 11) is 0. The molecule has 0 atom stereocenters. The molecule has 3 aromatic rings. The monoisotopic (exact) mass is 391 g/mol. The highest BCUT2D eigenvalue weighted by Gasteiger charge is 2.22. The first kappa shape index (κ1) is 18.1. The Labute approximate surface area is 170 Å². The Morgan fingerprint density at radius 2 is 1.45 bits per heavy atom. The van der Waals surface area contributed by atoms with Crippen LogP contribution >= 0.6 is 0 Å². The fourth-order valence-electron chi connectivity index (χ4n) is 3.87. The third kappa shape index (κ3) is 3.80. The van der Waals surface area contributed by atoms with Crippen molar-refractivity contribution in [2.45, 2.75) is 6.92 Å². The number of rotatable bonds is 3. The van der Waals surface area contributed by atoms with Gasteiger partial charge in [0.25, 0.3) is 0 Å². The molecule has 8 nitrogen and oxygen atoms in total. The highest BCUT2D eigenvalue weighted by atomic mass is 16.5. The van der Waals surface area contributed by atoms with Crippen molar-refractivity contribution in [3.63, 3.8) is 0 Å². The zero-order valence-electron chi connectivity index (χ0n) is 16.7. The van der Waals surface area contributed by atoms with Crippen LogP contribution in [0, 0.1) is 6.92 Å². The lowest BCUT2D eigenvalue weighted by molar-refractivity contribution is 0.122. The molecule has 2 fully saturated rings. The average molecular weight is 391 g/mol. The molecule has 0 unspecified atom stereocenters. The number of benzene rings is 1. The molecule has 2 aliphatic heterocycles. The summed E-state index contributed by atoms with van der Waals surface area (Å²) in [6, 6.07) is 10.1. The van der Waals surface area contributed by atoms with Gasteiger partial charge in [0.15, 0.2) is 0 Å². The van der Waals surface area contributed by atoms with E-state index in [0.717, 1.165) is 86.8 Å². The van der Waals surface area contributed by atoms with Gasteiger partial charge in [-0.05, 0) is 19.1 Å². The molecular weight excluding hydrogens is 366 g/mol. The highest BCUT2D eigenvalue weighted by Crippen LogP contribution is 2.22. The van der Waals surface area contributed by atoms with Crippen molar-refractivity contribution in [2.75, 3.05) is 67.2 Å². The average Bonchev–Trinajstić information content (AvgIpc) is 2.79. The summed E-state index contributed by atoms with van der Waals surface area (Å²) in [4.78, 5) is 25.7. The Bertz CT molecular complexity index is 997. The Morgan fingerprint density at radius 1 is 0.759 bits per heavy atom. The van der Waals surface area contributed by atoms with Crippen LogP contribution in [0.1, 0.15) is 5.69 Å². The topological polar surface area (TPSA) is 70.5 Å². The molecule has 4 heterocycles. The summed E-state index contributed by atoms with van der Waals surface area (Å²) in [6.45, 7) is 8.77. The van der Waals surface area contributed by atoms with Crippen molar-refractivity contribution in [3.8, 4) is 0 Å². The molecule has 1 aromatic carbocycles. The van der Waals surface area contributed by atoms with Crippen LogP contribution in [-0.2, 0) is 4.74 Å². The van der Waals surface area contributed by atoms with Crippen molar-refractivity contribution < 1.29 is 4.74 Å². The predicted molar refractivity (Wildman–Crippen MR) is 114 cm³/mol. The number of ether oxygens (including phenoxy) is 1. The fraction of sp³-hybridized carbons (Fsp3) is 0.429. The number of hydrogen-bond donors (Lipinski definition) is 0. The number of anilines is 3. The summed E-state index contributed by atoms with van der Waals surface area (Å²) >= 11 is 0. The largest absolute Gasteiger partial charge is 0.378 e. The van der Waals surface area contributed by atoms with Crippen LogP contribution in [0.5, 0.6) is 0 Å². The number of piperazine rings is 1. The van der Waals surface area contributed by atoms with E-state index in [9.17, 15) is 0 Å². The molecule has 0 spiro atoms. The first-order valence-electron chi connectivity index (χ1n) is 10.2. The van der Waals surface area contributed by atoms with Gasteiger partial charge in [-0.1, -0.05) is 12.1 Å². The van der Waals surface area contributed by atoms with E-state index >= 15 is 0 Å². The molecule has 0 radical (unpaired) electrons. The molecule has 0 aliphatic carbocycles. The summed E-state index contributed by atoms with van der Waals surface area (Å²) in [5.74, 6) is 2.75. The van der Waals surface area contributed by atoms with Crippen molar-refractivity contribution in [2.24, 2.45) is 0 Å². The van der Waals surface area contributed by atoms with Gasteiger partial charge in [0.1, 0.15) is 11.6 Å². The molecule has 29 heavy (non-hydrogen) atoms. The van der Waals surface area contributed by atoms with Crippen LogP contribution in [-0.4, -0.2) is 72.4 Å². The van der Waals surface area contributed by atoms with E-state index in [1.165, 1.54) is 0 Å². The second-order valence-electron chi connectivity index (χ2n) is 7.46. The lowest BCUT2D eigenvalue weighted by Crippen LogP contribution is -2.47. The number of fused-ring (bicyclic) bond motifs is 1. The molecule has 2 saturated heterocycles. The first-order valence-corrected chi connectivity index (χ1v) is 10.2. The number of para-hydroxylation sites is 2. The number of aromatic nitrogens is 4. The van der Waals surface area contributed by atoms with E-state index in [-0.39, 0.29) is 0 Å². The predicted octanol–water partition coefficient (Wildman–Crippen LogP) is 1.89. The zero-order valence-corrected chi connectivity index (χ0v) is 16.7. The van der Waals surface area contributed by atoms with Crippen LogP contribution in [0.15, 0.2) is 36.5 Å². The molecule has 2 aromatic heterocycles. The maximum absolute atomic E-state index is 5.47. The molecule has 0 saturated carbocycles. The SMILES string of the molecule is Cc1cc(N2CCOCC2)nc(N2CCN(c3cnc4ccccc4n3)CC2)n1. The van der Waals surface area contributed by atoms with Crippen LogP contribution in [0.4, 0.5) is 17.6 Å². The minimum atomic E-state index is 0.754. The van der Waals surface area contributed by atoms with Gasteiger partial charge >= 0.3 is 0 Å². The minimum absolute atomic E-state index is 0.754. The number of hydrogen-bond acceptors (Lipinski definition) is 8. The quantitative estimate of drug-likeness (QED) is 0.670. The van der Waals surface area contributed by atoms with Gasteiger partial charge in [0.05, 0.1) is 30.4 Å². The standard InChI is InChI=1S/C21H25N7O/c1-16-14-19(27-10-12-29-13-11-27)25-21(23-16)28-8-6-26(7-9-28)20-15-22-17-4-2-3-5-18(17)24-20/h2-5,14-15H,6-13H2,1H3. The molecule has 8 heteroatoms. The van der Waals surface area contributed by atoms with Gasteiger partial charge in [-0.3, -0.25) is 4.98 Å².